The maximum atomic E-state index is 5.69. The predicted molar refractivity (Wildman–Crippen MR) is 66.2 cm³/mol. The Morgan fingerprint density at radius 2 is 1.69 bits per heavy atom. The average molecular weight is 211 g/mol. The third-order valence-corrected chi connectivity index (χ3v) is 2.26. The Kier molecular flexibility index (Phi) is 2.96. The lowest BCUT2D eigenvalue weighted by atomic mass is 10.2. The van der Waals surface area contributed by atoms with Crippen molar-refractivity contribution in [1.29, 1.82) is 0 Å². The molecule has 0 atom stereocenters. The highest BCUT2D eigenvalue weighted by Crippen LogP contribution is 2.23. The second-order valence-electron chi connectivity index (χ2n) is 3.58. The number of nitrogen functional groups attached to an aromatic ring is 1. The van der Waals surface area contributed by atoms with E-state index in [1.54, 1.807) is 0 Å². The highest BCUT2D eigenvalue weighted by molar-refractivity contribution is 5.55. The summed E-state index contributed by atoms with van der Waals surface area (Å²) in [5, 5.41) is 8.33. The molecule has 2 rings (SSSR count). The SMILES string of the molecule is Cc1ccc(N)cc1N=Nc1ccccc1. The number of azo groups is 1. The second-order valence-corrected chi connectivity index (χ2v) is 3.58. The molecule has 0 saturated heterocycles. The van der Waals surface area contributed by atoms with Crippen LogP contribution in [0.5, 0.6) is 0 Å². The number of rotatable bonds is 2. The van der Waals surface area contributed by atoms with E-state index in [4.69, 9.17) is 5.73 Å². The lowest BCUT2D eigenvalue weighted by molar-refractivity contribution is 1.21. The summed E-state index contributed by atoms with van der Waals surface area (Å²) in [6, 6.07) is 15.2. The van der Waals surface area contributed by atoms with Crippen LogP contribution in [-0.2, 0) is 0 Å². The molecule has 0 bridgehead atoms. The molecule has 16 heavy (non-hydrogen) atoms. The molecule has 2 aromatic rings. The van der Waals surface area contributed by atoms with Gasteiger partial charge in [0.15, 0.2) is 0 Å². The van der Waals surface area contributed by atoms with Crippen molar-refractivity contribution in [2.75, 3.05) is 5.73 Å². The summed E-state index contributed by atoms with van der Waals surface area (Å²) in [4.78, 5) is 0. The molecule has 80 valence electrons. The van der Waals surface area contributed by atoms with Crippen LogP contribution in [0.3, 0.4) is 0 Å². The Hall–Kier alpha value is -2.16. The number of aryl methyl sites for hydroxylation is 1. The first kappa shape index (κ1) is 10.4. The minimum Gasteiger partial charge on any atom is -0.399 e. The molecule has 0 aromatic heterocycles. The summed E-state index contributed by atoms with van der Waals surface area (Å²) in [6.45, 7) is 1.98. The third kappa shape index (κ3) is 2.45. The van der Waals surface area contributed by atoms with E-state index in [2.05, 4.69) is 10.2 Å². The Morgan fingerprint density at radius 1 is 0.938 bits per heavy atom. The molecule has 0 heterocycles. The summed E-state index contributed by atoms with van der Waals surface area (Å²) in [5.41, 5.74) is 9.11. The van der Waals surface area contributed by atoms with E-state index in [0.29, 0.717) is 5.69 Å². The molecule has 0 radical (unpaired) electrons. The summed E-state index contributed by atoms with van der Waals surface area (Å²) in [5.74, 6) is 0. The molecule has 3 nitrogen and oxygen atoms in total. The van der Waals surface area contributed by atoms with Gasteiger partial charge in [-0.25, -0.2) is 0 Å². The van der Waals surface area contributed by atoms with Crippen molar-refractivity contribution < 1.29 is 0 Å². The Morgan fingerprint density at radius 3 is 2.44 bits per heavy atom. The summed E-state index contributed by atoms with van der Waals surface area (Å²) < 4.78 is 0. The zero-order chi connectivity index (χ0) is 11.4. The molecule has 0 aliphatic heterocycles. The van der Waals surface area contributed by atoms with Crippen LogP contribution in [0, 0.1) is 6.92 Å². The molecule has 0 aliphatic rings. The molecule has 2 aromatic carbocycles. The smallest absolute Gasteiger partial charge is 0.0906 e. The summed E-state index contributed by atoms with van der Waals surface area (Å²) >= 11 is 0. The molecule has 0 aliphatic carbocycles. The fourth-order valence-electron chi connectivity index (χ4n) is 1.34. The van der Waals surface area contributed by atoms with Gasteiger partial charge < -0.3 is 5.73 Å². The third-order valence-electron chi connectivity index (χ3n) is 2.26. The number of anilines is 1. The monoisotopic (exact) mass is 211 g/mol. The van der Waals surface area contributed by atoms with Crippen LogP contribution in [0.25, 0.3) is 0 Å². The number of hydrogen-bond donors (Lipinski definition) is 1. The number of benzene rings is 2. The minimum atomic E-state index is 0.701. The van der Waals surface area contributed by atoms with Crippen LogP contribution in [0.4, 0.5) is 17.1 Å². The van der Waals surface area contributed by atoms with E-state index in [-0.39, 0.29) is 0 Å². The van der Waals surface area contributed by atoms with Crippen molar-refractivity contribution in [2.24, 2.45) is 10.2 Å². The van der Waals surface area contributed by atoms with Crippen molar-refractivity contribution in [3.05, 3.63) is 54.1 Å². The summed E-state index contributed by atoms with van der Waals surface area (Å²) in [6.07, 6.45) is 0. The first-order chi connectivity index (χ1) is 7.75. The first-order valence-electron chi connectivity index (χ1n) is 5.08. The molecule has 0 amide bonds. The van der Waals surface area contributed by atoms with Gasteiger partial charge in [-0.3, -0.25) is 0 Å². The van der Waals surface area contributed by atoms with Crippen molar-refractivity contribution in [1.82, 2.24) is 0 Å². The molecular weight excluding hydrogens is 198 g/mol. The fraction of sp³-hybridized carbons (Fsp3) is 0.0769. The van der Waals surface area contributed by atoms with Crippen LogP contribution in [-0.4, -0.2) is 0 Å². The van der Waals surface area contributed by atoms with Crippen LogP contribution in [0.2, 0.25) is 0 Å². The lowest BCUT2D eigenvalue weighted by Crippen LogP contribution is -1.83. The van der Waals surface area contributed by atoms with E-state index >= 15 is 0 Å². The highest BCUT2D eigenvalue weighted by atomic mass is 15.1. The van der Waals surface area contributed by atoms with Gasteiger partial charge in [0.2, 0.25) is 0 Å². The van der Waals surface area contributed by atoms with Crippen LogP contribution in [0.15, 0.2) is 58.8 Å². The van der Waals surface area contributed by atoms with E-state index in [1.807, 2.05) is 55.5 Å². The van der Waals surface area contributed by atoms with Gasteiger partial charge in [-0.05, 0) is 36.8 Å². The largest absolute Gasteiger partial charge is 0.399 e. The molecule has 0 saturated carbocycles. The number of hydrogen-bond acceptors (Lipinski definition) is 3. The zero-order valence-electron chi connectivity index (χ0n) is 9.09. The van der Waals surface area contributed by atoms with Gasteiger partial charge in [-0.2, -0.15) is 10.2 Å². The number of nitrogens with zero attached hydrogens (tertiary/aromatic N) is 2. The molecule has 0 unspecified atom stereocenters. The van der Waals surface area contributed by atoms with Gasteiger partial charge in [0.05, 0.1) is 11.4 Å². The normalized spacial score (nSPS) is 10.8. The Balaban J connectivity index is 2.27. The van der Waals surface area contributed by atoms with E-state index in [9.17, 15) is 0 Å². The van der Waals surface area contributed by atoms with Gasteiger partial charge in [0.25, 0.3) is 0 Å². The van der Waals surface area contributed by atoms with Crippen LogP contribution >= 0.6 is 0 Å². The average Bonchev–Trinajstić information content (AvgIpc) is 2.32. The fourth-order valence-corrected chi connectivity index (χ4v) is 1.34. The van der Waals surface area contributed by atoms with Gasteiger partial charge in [-0.1, -0.05) is 24.3 Å². The Bertz CT molecular complexity index is 504. The van der Waals surface area contributed by atoms with Gasteiger partial charge in [0.1, 0.15) is 0 Å². The van der Waals surface area contributed by atoms with Gasteiger partial charge >= 0.3 is 0 Å². The molecular formula is C13H13N3. The first-order valence-corrected chi connectivity index (χ1v) is 5.08. The number of nitrogens with two attached hydrogens (primary N) is 1. The van der Waals surface area contributed by atoms with Gasteiger partial charge in [-0.15, -0.1) is 0 Å². The van der Waals surface area contributed by atoms with Crippen LogP contribution in [0.1, 0.15) is 5.56 Å². The van der Waals surface area contributed by atoms with E-state index in [0.717, 1.165) is 16.9 Å². The quantitative estimate of drug-likeness (QED) is 0.592. The van der Waals surface area contributed by atoms with Crippen LogP contribution < -0.4 is 5.73 Å². The maximum Gasteiger partial charge on any atom is 0.0906 e. The molecule has 3 heteroatoms. The molecule has 2 N–H and O–H groups in total. The second kappa shape index (κ2) is 4.57. The highest BCUT2D eigenvalue weighted by Gasteiger charge is 1.96. The van der Waals surface area contributed by atoms with Gasteiger partial charge in [0, 0.05) is 5.69 Å². The van der Waals surface area contributed by atoms with Crippen molar-refractivity contribution in [3.63, 3.8) is 0 Å². The molecule has 0 fully saturated rings. The standard InChI is InChI=1S/C13H13N3/c1-10-7-8-11(14)9-13(10)16-15-12-5-3-2-4-6-12/h2-9H,14H2,1H3. The molecule has 0 spiro atoms. The minimum absolute atomic E-state index is 0.701. The topological polar surface area (TPSA) is 50.7 Å². The zero-order valence-corrected chi connectivity index (χ0v) is 9.09. The van der Waals surface area contributed by atoms with E-state index < -0.39 is 0 Å². The van der Waals surface area contributed by atoms with Crippen molar-refractivity contribution in [2.45, 2.75) is 6.92 Å². The Labute approximate surface area is 94.6 Å². The van der Waals surface area contributed by atoms with Crippen molar-refractivity contribution >= 4 is 17.1 Å². The van der Waals surface area contributed by atoms with E-state index in [1.165, 1.54) is 0 Å². The lowest BCUT2D eigenvalue weighted by Gasteiger charge is -1.99. The predicted octanol–water partition coefficient (Wildman–Crippen LogP) is 3.99. The van der Waals surface area contributed by atoms with Crippen molar-refractivity contribution in [3.8, 4) is 0 Å². The summed E-state index contributed by atoms with van der Waals surface area (Å²) in [7, 11) is 0. The maximum absolute atomic E-state index is 5.69.